The quantitative estimate of drug-likeness (QED) is 0.243. The summed E-state index contributed by atoms with van der Waals surface area (Å²) in [6.07, 6.45) is 0. The van der Waals surface area contributed by atoms with E-state index in [1.165, 1.54) is 18.2 Å². The van der Waals surface area contributed by atoms with Crippen molar-refractivity contribution >= 4 is 38.0 Å². The number of aromatic hydroxyl groups is 1. The number of rotatable bonds is 3. The lowest BCUT2D eigenvalue weighted by atomic mass is 9.99. The summed E-state index contributed by atoms with van der Waals surface area (Å²) in [5, 5.41) is 10.7. The molecule has 0 atom stereocenters. The molecule has 3 aromatic rings. The smallest absolute Gasteiger partial charge is 0.296 e. The van der Waals surface area contributed by atoms with Gasteiger partial charge in [0, 0.05) is 22.2 Å². The molecule has 0 saturated carbocycles. The molecule has 0 fully saturated rings. The molecule has 0 heterocycles. The Morgan fingerprint density at radius 3 is 2.12 bits per heavy atom. The molecule has 0 radical (unpaired) electrons. The van der Waals surface area contributed by atoms with Crippen LogP contribution in [0.1, 0.15) is 15.9 Å². The van der Waals surface area contributed by atoms with Crippen molar-refractivity contribution in [3.8, 4) is 5.75 Å². The summed E-state index contributed by atoms with van der Waals surface area (Å²) < 4.78 is 31.9. The fourth-order valence-electron chi connectivity index (χ4n) is 2.52. The highest BCUT2D eigenvalue weighted by atomic mass is 32.2. The van der Waals surface area contributed by atoms with Crippen molar-refractivity contribution in [2.75, 3.05) is 11.5 Å². The number of nitrogen functional groups attached to an aromatic ring is 2. The minimum Gasteiger partial charge on any atom is -0.505 e. The maximum absolute atomic E-state index is 12.5. The summed E-state index contributed by atoms with van der Waals surface area (Å²) >= 11 is 0. The third-order valence-corrected chi connectivity index (χ3v) is 4.72. The van der Waals surface area contributed by atoms with Crippen LogP contribution in [-0.4, -0.2) is 23.9 Å². The number of fused-ring (bicyclic) bond motifs is 1. The standard InChI is InChI=1S/C17H14N2O5S/c18-12-5-3-9(4-6-12)16(20)11-2-1-10-8-14(25(22,23)24)15(19)17(21)13(10)7-11/h1-8,21H,18-19H2,(H,22,23,24). The van der Waals surface area contributed by atoms with Crippen LogP contribution in [0.5, 0.6) is 5.75 Å². The predicted octanol–water partition coefficient (Wildman–Crippen LogP) is 2.19. The Hall–Kier alpha value is -3.10. The van der Waals surface area contributed by atoms with Crippen molar-refractivity contribution in [2.45, 2.75) is 4.90 Å². The number of benzene rings is 3. The maximum Gasteiger partial charge on any atom is 0.296 e. The molecule has 6 N–H and O–H groups in total. The number of hydrogen-bond donors (Lipinski definition) is 4. The van der Waals surface area contributed by atoms with Crippen LogP contribution in [0.15, 0.2) is 53.4 Å². The van der Waals surface area contributed by atoms with Crippen LogP contribution in [0.2, 0.25) is 0 Å². The Labute approximate surface area is 143 Å². The third kappa shape index (κ3) is 3.00. The van der Waals surface area contributed by atoms with Gasteiger partial charge in [-0.25, -0.2) is 0 Å². The maximum atomic E-state index is 12.5. The molecule has 3 rings (SSSR count). The van der Waals surface area contributed by atoms with E-state index in [9.17, 15) is 22.9 Å². The molecule has 8 heteroatoms. The Kier molecular flexibility index (Phi) is 3.86. The first-order valence-electron chi connectivity index (χ1n) is 7.11. The number of nitrogens with two attached hydrogens (primary N) is 2. The molecular formula is C17H14N2O5S. The number of carbonyl (C=O) groups is 1. The van der Waals surface area contributed by atoms with Crippen molar-refractivity contribution < 1.29 is 22.9 Å². The first-order valence-corrected chi connectivity index (χ1v) is 8.55. The summed E-state index contributed by atoms with van der Waals surface area (Å²) in [6, 6.07) is 11.9. The SMILES string of the molecule is Nc1ccc(C(=O)c2ccc3cc(S(=O)(=O)O)c(N)c(O)c3c2)cc1. The molecule has 0 aliphatic rings. The lowest BCUT2D eigenvalue weighted by molar-refractivity contribution is 0.103. The van der Waals surface area contributed by atoms with Gasteiger partial charge in [-0.05, 0) is 41.8 Å². The first-order chi connectivity index (χ1) is 11.7. The van der Waals surface area contributed by atoms with Crippen molar-refractivity contribution in [3.63, 3.8) is 0 Å². The van der Waals surface area contributed by atoms with Crippen LogP contribution < -0.4 is 11.5 Å². The predicted molar refractivity (Wildman–Crippen MR) is 94.1 cm³/mol. The lowest BCUT2D eigenvalue weighted by Gasteiger charge is -2.10. The van der Waals surface area contributed by atoms with Crippen LogP contribution in [0.4, 0.5) is 11.4 Å². The Bertz CT molecular complexity index is 1110. The molecule has 0 amide bonds. The van der Waals surface area contributed by atoms with E-state index in [1.807, 2.05) is 0 Å². The van der Waals surface area contributed by atoms with Crippen LogP contribution >= 0.6 is 0 Å². The molecule has 0 aromatic heterocycles. The Balaban J connectivity index is 2.16. The number of carbonyl (C=O) groups excluding carboxylic acids is 1. The van der Waals surface area contributed by atoms with Crippen LogP contribution in [0.25, 0.3) is 10.8 Å². The largest absolute Gasteiger partial charge is 0.505 e. The van der Waals surface area contributed by atoms with E-state index < -0.39 is 26.5 Å². The fraction of sp³-hybridized carbons (Fsp3) is 0. The zero-order valence-electron chi connectivity index (χ0n) is 12.8. The van der Waals surface area contributed by atoms with Gasteiger partial charge in [0.05, 0.1) is 5.69 Å². The molecule has 3 aromatic carbocycles. The van der Waals surface area contributed by atoms with E-state index in [1.54, 1.807) is 24.3 Å². The minimum atomic E-state index is -4.58. The highest BCUT2D eigenvalue weighted by Crippen LogP contribution is 2.36. The van der Waals surface area contributed by atoms with Crippen LogP contribution in [0.3, 0.4) is 0 Å². The number of phenolic OH excluding ortho intramolecular Hbond substituents is 1. The number of ketones is 1. The molecule has 0 spiro atoms. The number of phenols is 1. The molecule has 25 heavy (non-hydrogen) atoms. The summed E-state index contributed by atoms with van der Waals surface area (Å²) in [5.74, 6) is -0.809. The van der Waals surface area contributed by atoms with Gasteiger partial charge in [-0.2, -0.15) is 8.42 Å². The van der Waals surface area contributed by atoms with E-state index in [0.717, 1.165) is 6.07 Å². The van der Waals surface area contributed by atoms with Crippen molar-refractivity contribution in [1.82, 2.24) is 0 Å². The molecule has 0 aliphatic heterocycles. The van der Waals surface area contributed by atoms with Gasteiger partial charge in [-0.15, -0.1) is 0 Å². The summed E-state index contributed by atoms with van der Waals surface area (Å²) in [5.41, 5.74) is 11.9. The molecule has 0 unspecified atom stereocenters. The van der Waals surface area contributed by atoms with Crippen molar-refractivity contribution in [1.29, 1.82) is 0 Å². The molecule has 7 nitrogen and oxygen atoms in total. The number of anilines is 2. The van der Waals surface area contributed by atoms with Gasteiger partial charge < -0.3 is 16.6 Å². The zero-order chi connectivity index (χ0) is 18.4. The van der Waals surface area contributed by atoms with Gasteiger partial charge in [-0.3, -0.25) is 9.35 Å². The van der Waals surface area contributed by atoms with Gasteiger partial charge in [-0.1, -0.05) is 12.1 Å². The van der Waals surface area contributed by atoms with Crippen molar-refractivity contribution in [3.05, 3.63) is 59.7 Å². The van der Waals surface area contributed by atoms with Gasteiger partial charge in [0.25, 0.3) is 10.1 Å². The third-order valence-electron chi connectivity index (χ3n) is 3.83. The first kappa shape index (κ1) is 16.7. The summed E-state index contributed by atoms with van der Waals surface area (Å²) in [7, 11) is -4.58. The highest BCUT2D eigenvalue weighted by Gasteiger charge is 2.20. The van der Waals surface area contributed by atoms with Crippen molar-refractivity contribution in [2.24, 2.45) is 0 Å². The monoisotopic (exact) mass is 358 g/mol. The average Bonchev–Trinajstić information content (AvgIpc) is 2.57. The molecule has 0 bridgehead atoms. The highest BCUT2D eigenvalue weighted by molar-refractivity contribution is 7.86. The zero-order valence-corrected chi connectivity index (χ0v) is 13.6. The second kappa shape index (κ2) is 5.76. The van der Waals surface area contributed by atoms with E-state index in [2.05, 4.69) is 0 Å². The molecule has 0 saturated heterocycles. The second-order valence-electron chi connectivity index (χ2n) is 5.50. The van der Waals surface area contributed by atoms with Gasteiger partial charge in [0.2, 0.25) is 0 Å². The summed E-state index contributed by atoms with van der Waals surface area (Å²) in [4.78, 5) is 11.9. The van der Waals surface area contributed by atoms with E-state index in [4.69, 9.17) is 11.5 Å². The van der Waals surface area contributed by atoms with Gasteiger partial charge in [0.1, 0.15) is 10.6 Å². The van der Waals surface area contributed by atoms with Gasteiger partial charge >= 0.3 is 0 Å². The molecule has 128 valence electrons. The average molecular weight is 358 g/mol. The Morgan fingerprint density at radius 1 is 0.920 bits per heavy atom. The molecular weight excluding hydrogens is 344 g/mol. The topological polar surface area (TPSA) is 144 Å². The van der Waals surface area contributed by atoms with Crippen LogP contribution in [-0.2, 0) is 10.1 Å². The molecule has 0 aliphatic carbocycles. The van der Waals surface area contributed by atoms with E-state index in [0.29, 0.717) is 16.6 Å². The van der Waals surface area contributed by atoms with E-state index in [-0.39, 0.29) is 16.7 Å². The summed E-state index contributed by atoms with van der Waals surface area (Å²) in [6.45, 7) is 0. The van der Waals surface area contributed by atoms with Gasteiger partial charge in [0.15, 0.2) is 5.78 Å². The normalized spacial score (nSPS) is 11.6. The number of hydrogen-bond acceptors (Lipinski definition) is 6. The lowest BCUT2D eigenvalue weighted by Crippen LogP contribution is -2.05. The van der Waals surface area contributed by atoms with Crippen LogP contribution in [0, 0.1) is 0 Å². The minimum absolute atomic E-state index is 0.200. The fourth-order valence-corrected chi connectivity index (χ4v) is 3.17. The van der Waals surface area contributed by atoms with E-state index >= 15 is 0 Å². The Morgan fingerprint density at radius 2 is 1.52 bits per heavy atom. The second-order valence-corrected chi connectivity index (χ2v) is 6.89.